The number of nitrogens with zero attached hydrogens (tertiary/aromatic N) is 5. The highest BCUT2D eigenvalue weighted by atomic mass is 16.6. The molecular weight excluding hydrogens is 740 g/mol. The molecule has 1 aliphatic heterocycles. The van der Waals surface area contributed by atoms with Crippen molar-refractivity contribution in [3.63, 3.8) is 0 Å². The summed E-state index contributed by atoms with van der Waals surface area (Å²) in [5, 5.41) is 3.25. The van der Waals surface area contributed by atoms with Crippen LogP contribution in [0.2, 0.25) is 0 Å². The highest BCUT2D eigenvalue weighted by Crippen LogP contribution is 2.40. The van der Waals surface area contributed by atoms with Crippen LogP contribution in [0.3, 0.4) is 0 Å². The van der Waals surface area contributed by atoms with Crippen LogP contribution in [0.15, 0.2) is 42.7 Å². The monoisotopic (exact) mass is 798 g/mol. The van der Waals surface area contributed by atoms with Crippen molar-refractivity contribution >= 4 is 29.5 Å². The average Bonchev–Trinajstić information content (AvgIpc) is 3.20. The topological polar surface area (TPSA) is 174 Å². The summed E-state index contributed by atoms with van der Waals surface area (Å²) < 4.78 is 49.4. The summed E-state index contributed by atoms with van der Waals surface area (Å²) in [6, 6.07) is 9.36. The highest BCUT2D eigenvalue weighted by molar-refractivity contribution is 5.71. The van der Waals surface area contributed by atoms with E-state index in [0.29, 0.717) is 107 Å². The summed E-state index contributed by atoms with van der Waals surface area (Å²) in [5.41, 5.74) is 1.61. The number of amides is 1. The molecule has 4 rings (SSSR count). The Morgan fingerprint density at radius 3 is 2.14 bits per heavy atom. The van der Waals surface area contributed by atoms with E-state index in [9.17, 15) is 9.59 Å². The second kappa shape index (κ2) is 23.3. The molecule has 0 saturated carbocycles. The van der Waals surface area contributed by atoms with E-state index in [2.05, 4.69) is 22.1 Å². The summed E-state index contributed by atoms with van der Waals surface area (Å²) in [5.74, 6) is 2.17. The molecule has 1 atom stereocenters. The van der Waals surface area contributed by atoms with Gasteiger partial charge in [0.1, 0.15) is 24.6 Å². The number of esters is 1. The lowest BCUT2D eigenvalue weighted by Crippen LogP contribution is -2.56. The smallest absolute Gasteiger partial charge is 0.410 e. The van der Waals surface area contributed by atoms with Gasteiger partial charge in [0, 0.05) is 55.4 Å². The van der Waals surface area contributed by atoms with E-state index < -0.39 is 11.6 Å². The van der Waals surface area contributed by atoms with Crippen molar-refractivity contribution in [1.82, 2.24) is 19.9 Å². The molecule has 3 aromatic rings. The summed E-state index contributed by atoms with van der Waals surface area (Å²) in [6.45, 7) is 14.4. The Balaban J connectivity index is 1.24. The van der Waals surface area contributed by atoms with Gasteiger partial charge in [-0.1, -0.05) is 6.92 Å². The molecule has 17 heteroatoms. The number of anilines is 3. The van der Waals surface area contributed by atoms with Crippen LogP contribution < -0.4 is 24.4 Å². The van der Waals surface area contributed by atoms with E-state index in [1.54, 1.807) is 45.7 Å². The molecule has 0 bridgehead atoms. The van der Waals surface area contributed by atoms with Gasteiger partial charge in [-0.3, -0.25) is 0 Å². The van der Waals surface area contributed by atoms with E-state index in [4.69, 9.17) is 52.6 Å². The van der Waals surface area contributed by atoms with Crippen LogP contribution in [0.4, 0.5) is 22.2 Å². The number of nitrogens with one attached hydrogen (secondary N) is 1. The molecule has 1 saturated heterocycles. The van der Waals surface area contributed by atoms with Crippen molar-refractivity contribution in [2.24, 2.45) is 0 Å². The Hall–Kier alpha value is -4.97. The maximum absolute atomic E-state index is 12.8. The van der Waals surface area contributed by atoms with Gasteiger partial charge in [-0.2, -0.15) is 0 Å². The molecule has 1 fully saturated rings. The predicted octanol–water partition coefficient (Wildman–Crippen LogP) is 5.14. The first-order valence-electron chi connectivity index (χ1n) is 19.2. The van der Waals surface area contributed by atoms with E-state index in [-0.39, 0.29) is 25.3 Å². The molecule has 1 amide bonds. The second-order valence-electron chi connectivity index (χ2n) is 13.7. The van der Waals surface area contributed by atoms with Crippen molar-refractivity contribution in [1.29, 1.82) is 0 Å². The van der Waals surface area contributed by atoms with E-state index >= 15 is 0 Å². The van der Waals surface area contributed by atoms with Crippen LogP contribution in [0.1, 0.15) is 41.0 Å². The van der Waals surface area contributed by atoms with Crippen molar-refractivity contribution in [2.45, 2.75) is 52.7 Å². The molecule has 1 N–H and O–H groups in total. The van der Waals surface area contributed by atoms with Crippen LogP contribution in [-0.4, -0.2) is 143 Å². The Labute approximate surface area is 335 Å². The number of aromatic nitrogens is 3. The van der Waals surface area contributed by atoms with Gasteiger partial charge in [-0.05, 0) is 52.3 Å². The Kier molecular flexibility index (Phi) is 18.3. The molecule has 1 aliphatic rings. The molecule has 0 spiro atoms. The largest absolute Gasteiger partial charge is 0.493 e. The number of benzene rings is 1. The number of carbonyl (C=O) groups excluding carboxylic acids is 2. The molecule has 1 aromatic carbocycles. The number of piperazine rings is 1. The van der Waals surface area contributed by atoms with E-state index in [0.717, 1.165) is 17.8 Å². The zero-order chi connectivity index (χ0) is 41.0. The van der Waals surface area contributed by atoms with Crippen molar-refractivity contribution in [3.8, 4) is 28.5 Å². The molecular formula is C40H58N6O11. The fourth-order valence-electron chi connectivity index (χ4n) is 5.74. The number of methoxy groups -OCH3 is 2. The molecule has 0 radical (unpaired) electrons. The molecule has 314 valence electrons. The van der Waals surface area contributed by atoms with Crippen molar-refractivity contribution in [3.05, 3.63) is 42.7 Å². The summed E-state index contributed by atoms with van der Waals surface area (Å²) in [6.07, 6.45) is 4.00. The van der Waals surface area contributed by atoms with Crippen molar-refractivity contribution < 1.29 is 52.2 Å². The minimum Gasteiger partial charge on any atom is -0.493 e. The van der Waals surface area contributed by atoms with E-state index in [1.807, 2.05) is 43.9 Å². The quantitative estimate of drug-likeness (QED) is 0.0985. The first-order valence-corrected chi connectivity index (χ1v) is 19.2. The minimum absolute atomic E-state index is 0.0225. The number of rotatable bonds is 23. The molecule has 0 aliphatic carbocycles. The molecule has 57 heavy (non-hydrogen) atoms. The number of pyridine rings is 1. The Bertz CT molecular complexity index is 1670. The van der Waals surface area contributed by atoms with Crippen LogP contribution in [0.5, 0.6) is 17.2 Å². The van der Waals surface area contributed by atoms with E-state index in [1.165, 1.54) is 0 Å². The first-order chi connectivity index (χ1) is 27.5. The lowest BCUT2D eigenvalue weighted by molar-refractivity contribution is -0.149. The predicted molar refractivity (Wildman–Crippen MR) is 213 cm³/mol. The normalized spacial score (nSPS) is 14.3. The third-order valence-electron chi connectivity index (χ3n) is 8.43. The molecule has 2 aromatic heterocycles. The van der Waals surface area contributed by atoms with Gasteiger partial charge < -0.3 is 57.7 Å². The highest BCUT2D eigenvalue weighted by Gasteiger charge is 2.33. The summed E-state index contributed by atoms with van der Waals surface area (Å²) in [4.78, 5) is 42.0. The van der Waals surface area contributed by atoms with Gasteiger partial charge in [0.05, 0.1) is 78.8 Å². The van der Waals surface area contributed by atoms with Gasteiger partial charge in [-0.15, -0.1) is 0 Å². The first kappa shape index (κ1) is 44.7. The number of carbonyl (C=O) groups is 2. The number of hydrogen-bond donors (Lipinski definition) is 1. The third-order valence-corrected chi connectivity index (χ3v) is 8.43. The Morgan fingerprint density at radius 1 is 0.842 bits per heavy atom. The zero-order valence-corrected chi connectivity index (χ0v) is 34.2. The molecule has 0 unspecified atom stereocenters. The standard InChI is InChI=1S/C40H58N6O11/c1-8-31-27-45(14-15-46(31)39(48)57-40(3,4)5)35-11-10-29(26-42-35)32-12-13-41-38(44-32)43-30-24-33(49-6)37(50-7)34(25-30)56-23-22-53-19-18-51-16-17-52-20-21-54-28-36(47)55-9-2/h10-13,24-26,31H,8-9,14-23,27-28H2,1-7H3,(H,41,43,44)/t31-/m0/s1. The SMILES string of the molecule is CCOC(=O)COCCOCCOCCOCCOc1cc(Nc2nccc(-c3ccc(N4CCN(C(=O)OC(C)(C)C)[C@@H](CC)C4)nc3)n2)cc(OC)c1OC. The number of ether oxygens (including phenoxy) is 9. The minimum atomic E-state index is -0.543. The fraction of sp³-hybridized carbons (Fsp3) is 0.575. The Morgan fingerprint density at radius 2 is 1.53 bits per heavy atom. The second-order valence-corrected chi connectivity index (χ2v) is 13.7. The maximum Gasteiger partial charge on any atom is 0.410 e. The van der Waals surface area contributed by atoms with Crippen LogP contribution in [-0.2, 0) is 33.2 Å². The van der Waals surface area contributed by atoms with Gasteiger partial charge in [0.25, 0.3) is 0 Å². The summed E-state index contributed by atoms with van der Waals surface area (Å²) in [7, 11) is 3.10. The molecule has 17 nitrogen and oxygen atoms in total. The van der Waals surface area contributed by atoms with Crippen LogP contribution >= 0.6 is 0 Å². The molecule has 3 heterocycles. The van der Waals surface area contributed by atoms with Crippen LogP contribution in [0.25, 0.3) is 11.3 Å². The zero-order valence-electron chi connectivity index (χ0n) is 34.2. The lowest BCUT2D eigenvalue weighted by Gasteiger charge is -2.41. The van der Waals surface area contributed by atoms with Crippen molar-refractivity contribution in [2.75, 3.05) is 110 Å². The van der Waals surface area contributed by atoms with Gasteiger partial charge in [0.15, 0.2) is 11.5 Å². The van der Waals surface area contributed by atoms with Gasteiger partial charge in [-0.25, -0.2) is 24.5 Å². The van der Waals surface area contributed by atoms with Gasteiger partial charge >= 0.3 is 12.1 Å². The lowest BCUT2D eigenvalue weighted by atomic mass is 10.1. The van der Waals surface area contributed by atoms with Crippen LogP contribution in [0, 0.1) is 0 Å². The fourth-order valence-corrected chi connectivity index (χ4v) is 5.74. The number of hydrogen-bond acceptors (Lipinski definition) is 16. The average molecular weight is 799 g/mol. The maximum atomic E-state index is 12.8. The summed E-state index contributed by atoms with van der Waals surface area (Å²) >= 11 is 0. The van der Waals surface area contributed by atoms with Gasteiger partial charge in [0.2, 0.25) is 11.7 Å². The third kappa shape index (κ3) is 14.8.